The van der Waals surface area contributed by atoms with E-state index in [0.717, 1.165) is 0 Å². The summed E-state index contributed by atoms with van der Waals surface area (Å²) in [6, 6.07) is 0. The van der Waals surface area contributed by atoms with Crippen molar-refractivity contribution in [3.05, 3.63) is 33.6 Å². The lowest BCUT2D eigenvalue weighted by Crippen LogP contribution is -2.10. The van der Waals surface area contributed by atoms with E-state index in [9.17, 15) is 18.0 Å². The third-order valence-corrected chi connectivity index (χ3v) is 2.08. The Morgan fingerprint density at radius 2 is 1.73 bits per heavy atom. The van der Waals surface area contributed by atoms with Crippen LogP contribution in [0.4, 0.5) is 13.2 Å². The molecule has 0 aliphatic rings. The molecule has 15 heavy (non-hydrogen) atoms. The minimum atomic E-state index is -1.89. The molecule has 0 unspecified atom stereocenters. The monoisotopic (exact) mass is 240 g/mol. The quantitative estimate of drug-likeness (QED) is 0.777. The van der Waals surface area contributed by atoms with Gasteiger partial charge in [-0.2, -0.15) is 0 Å². The van der Waals surface area contributed by atoms with Gasteiger partial charge in [0.2, 0.25) is 0 Å². The molecule has 82 valence electrons. The highest BCUT2D eigenvalue weighted by atomic mass is 35.5. The van der Waals surface area contributed by atoms with Gasteiger partial charge < -0.3 is 10.2 Å². The molecule has 0 radical (unpaired) electrons. The number of aliphatic hydroxyl groups is 1. The van der Waals surface area contributed by atoms with Gasteiger partial charge in [-0.1, -0.05) is 11.6 Å². The second-order valence-corrected chi connectivity index (χ2v) is 2.95. The van der Waals surface area contributed by atoms with E-state index in [1.165, 1.54) is 0 Å². The molecule has 0 aromatic heterocycles. The van der Waals surface area contributed by atoms with E-state index in [1.54, 1.807) is 0 Å². The Kier molecular flexibility index (Phi) is 3.21. The second kappa shape index (κ2) is 4.08. The number of aliphatic hydroxyl groups excluding tert-OH is 1. The highest BCUT2D eigenvalue weighted by molar-refractivity contribution is 6.33. The maximum atomic E-state index is 13.1. The summed E-state index contributed by atoms with van der Waals surface area (Å²) in [7, 11) is 0. The Morgan fingerprint density at radius 3 is 2.13 bits per heavy atom. The minimum absolute atomic E-state index is 0.998. The van der Waals surface area contributed by atoms with Crippen LogP contribution in [0.1, 0.15) is 15.9 Å². The average molecular weight is 241 g/mol. The van der Waals surface area contributed by atoms with Gasteiger partial charge in [0.05, 0.1) is 17.2 Å². The summed E-state index contributed by atoms with van der Waals surface area (Å²) in [5.74, 6) is -6.91. The van der Waals surface area contributed by atoms with Crippen molar-refractivity contribution in [3.63, 3.8) is 0 Å². The SMILES string of the molecule is O=C(O)c1c(F)c(F)c(CO)c(F)c1Cl. The molecule has 0 fully saturated rings. The summed E-state index contributed by atoms with van der Waals surface area (Å²) in [6.45, 7) is -1.12. The van der Waals surface area contributed by atoms with Crippen LogP contribution in [0.3, 0.4) is 0 Å². The van der Waals surface area contributed by atoms with Crippen molar-refractivity contribution in [2.24, 2.45) is 0 Å². The summed E-state index contributed by atoms with van der Waals surface area (Å²) in [6.07, 6.45) is 0. The first-order chi connectivity index (χ1) is 6.91. The van der Waals surface area contributed by atoms with Gasteiger partial charge in [0.1, 0.15) is 5.56 Å². The number of hydrogen-bond acceptors (Lipinski definition) is 2. The zero-order chi connectivity index (χ0) is 11.7. The van der Waals surface area contributed by atoms with Crippen LogP contribution in [-0.4, -0.2) is 16.2 Å². The minimum Gasteiger partial charge on any atom is -0.478 e. The van der Waals surface area contributed by atoms with Gasteiger partial charge in [-0.3, -0.25) is 0 Å². The topological polar surface area (TPSA) is 57.5 Å². The molecule has 0 heterocycles. The Labute approximate surface area is 86.7 Å². The van der Waals surface area contributed by atoms with Crippen LogP contribution in [0.25, 0.3) is 0 Å². The Hall–Kier alpha value is -1.27. The van der Waals surface area contributed by atoms with Crippen molar-refractivity contribution in [1.82, 2.24) is 0 Å². The average Bonchev–Trinajstić information content (AvgIpc) is 2.16. The summed E-state index contributed by atoms with van der Waals surface area (Å²) in [4.78, 5) is 10.4. The molecule has 0 atom stereocenters. The second-order valence-electron chi connectivity index (χ2n) is 2.57. The van der Waals surface area contributed by atoms with Crippen LogP contribution in [0.2, 0.25) is 5.02 Å². The third-order valence-electron chi connectivity index (χ3n) is 1.73. The molecule has 1 aromatic carbocycles. The van der Waals surface area contributed by atoms with E-state index in [4.69, 9.17) is 21.8 Å². The van der Waals surface area contributed by atoms with Crippen molar-refractivity contribution >= 4 is 17.6 Å². The Balaban J connectivity index is 3.66. The molecule has 3 nitrogen and oxygen atoms in total. The van der Waals surface area contributed by atoms with Gasteiger partial charge in [0, 0.05) is 0 Å². The molecular weight excluding hydrogens is 237 g/mol. The summed E-state index contributed by atoms with van der Waals surface area (Å²) >= 11 is 5.18. The molecule has 1 rings (SSSR count). The molecule has 7 heteroatoms. The fourth-order valence-corrected chi connectivity index (χ4v) is 1.28. The molecule has 0 aliphatic heterocycles. The highest BCUT2D eigenvalue weighted by Gasteiger charge is 2.27. The number of benzene rings is 1. The zero-order valence-corrected chi connectivity index (χ0v) is 7.78. The molecule has 2 N–H and O–H groups in total. The maximum Gasteiger partial charge on any atom is 0.340 e. The molecule has 0 aliphatic carbocycles. The first-order valence-corrected chi connectivity index (χ1v) is 3.98. The Morgan fingerprint density at radius 1 is 1.20 bits per heavy atom. The van der Waals surface area contributed by atoms with E-state index < -0.39 is 46.2 Å². The molecular formula is C8H4ClF3O3. The van der Waals surface area contributed by atoms with Crippen molar-refractivity contribution in [2.45, 2.75) is 6.61 Å². The van der Waals surface area contributed by atoms with Gasteiger partial charge in [-0.15, -0.1) is 0 Å². The van der Waals surface area contributed by atoms with Crippen molar-refractivity contribution < 1.29 is 28.2 Å². The molecule has 1 aromatic rings. The van der Waals surface area contributed by atoms with Crippen LogP contribution >= 0.6 is 11.6 Å². The largest absolute Gasteiger partial charge is 0.478 e. The van der Waals surface area contributed by atoms with E-state index in [-0.39, 0.29) is 0 Å². The summed E-state index contributed by atoms with van der Waals surface area (Å²) in [5, 5.41) is 15.9. The van der Waals surface area contributed by atoms with Crippen molar-refractivity contribution in [2.75, 3.05) is 0 Å². The molecule has 0 saturated carbocycles. The molecule has 0 spiro atoms. The number of halogens is 4. The van der Waals surface area contributed by atoms with E-state index in [1.807, 2.05) is 0 Å². The van der Waals surface area contributed by atoms with Crippen molar-refractivity contribution in [1.29, 1.82) is 0 Å². The zero-order valence-electron chi connectivity index (χ0n) is 7.02. The van der Waals surface area contributed by atoms with E-state index in [0.29, 0.717) is 0 Å². The lowest BCUT2D eigenvalue weighted by molar-refractivity contribution is 0.0689. The number of aromatic carboxylic acids is 1. The number of carboxylic acid groups (broad SMARTS) is 1. The van der Waals surface area contributed by atoms with Gasteiger partial charge in [0.25, 0.3) is 0 Å². The number of rotatable bonds is 2. The van der Waals surface area contributed by atoms with Gasteiger partial charge in [-0.25, -0.2) is 18.0 Å². The fourth-order valence-electron chi connectivity index (χ4n) is 1.00. The first kappa shape index (κ1) is 11.8. The normalized spacial score (nSPS) is 10.5. The lowest BCUT2D eigenvalue weighted by Gasteiger charge is -2.08. The van der Waals surface area contributed by atoms with Crippen LogP contribution < -0.4 is 0 Å². The molecule has 0 amide bonds. The third kappa shape index (κ3) is 1.78. The summed E-state index contributed by atoms with van der Waals surface area (Å²) < 4.78 is 39.1. The number of carboxylic acids is 1. The fraction of sp³-hybridized carbons (Fsp3) is 0.125. The Bertz CT molecular complexity index is 405. The lowest BCUT2D eigenvalue weighted by atomic mass is 10.1. The smallest absolute Gasteiger partial charge is 0.340 e. The predicted octanol–water partition coefficient (Wildman–Crippen LogP) is 1.95. The van der Waals surface area contributed by atoms with E-state index in [2.05, 4.69) is 0 Å². The van der Waals surface area contributed by atoms with Crippen LogP contribution in [0.15, 0.2) is 0 Å². The molecule has 0 bridgehead atoms. The van der Waals surface area contributed by atoms with Crippen LogP contribution in [0, 0.1) is 17.5 Å². The van der Waals surface area contributed by atoms with Gasteiger partial charge in [-0.05, 0) is 0 Å². The van der Waals surface area contributed by atoms with Gasteiger partial charge >= 0.3 is 5.97 Å². The first-order valence-electron chi connectivity index (χ1n) is 3.60. The van der Waals surface area contributed by atoms with Crippen LogP contribution in [-0.2, 0) is 6.61 Å². The summed E-state index contributed by atoms with van der Waals surface area (Å²) in [5.41, 5.74) is -2.29. The maximum absolute atomic E-state index is 13.1. The van der Waals surface area contributed by atoms with Crippen LogP contribution in [0.5, 0.6) is 0 Å². The predicted molar refractivity (Wildman–Crippen MR) is 44.2 cm³/mol. The standard InChI is InChI=1S/C8H4ClF3O3/c9-4-3(8(14)15)7(12)6(11)2(1-13)5(4)10/h13H,1H2,(H,14,15). The van der Waals surface area contributed by atoms with Crippen molar-refractivity contribution in [3.8, 4) is 0 Å². The van der Waals surface area contributed by atoms with Gasteiger partial charge in [0.15, 0.2) is 17.5 Å². The van der Waals surface area contributed by atoms with E-state index >= 15 is 0 Å². The highest BCUT2D eigenvalue weighted by Crippen LogP contribution is 2.29. The molecule has 0 saturated heterocycles. The number of hydrogen-bond donors (Lipinski definition) is 2. The number of carbonyl (C=O) groups is 1.